The van der Waals surface area contributed by atoms with E-state index in [2.05, 4.69) is 15.2 Å². The second-order valence-corrected chi connectivity index (χ2v) is 2.98. The molecule has 0 aliphatic carbocycles. The highest BCUT2D eigenvalue weighted by atomic mass is 35.5. The van der Waals surface area contributed by atoms with Crippen molar-refractivity contribution in [1.29, 1.82) is 0 Å². The van der Waals surface area contributed by atoms with Crippen LogP contribution in [0.25, 0.3) is 11.4 Å². The quantitative estimate of drug-likeness (QED) is 0.679. The highest BCUT2D eigenvalue weighted by Gasteiger charge is 2.02. The van der Waals surface area contributed by atoms with Crippen molar-refractivity contribution in [3.05, 3.63) is 29.5 Å². The van der Waals surface area contributed by atoms with Gasteiger partial charge in [-0.25, -0.2) is 4.98 Å². The summed E-state index contributed by atoms with van der Waals surface area (Å²) in [6, 6.07) is 5.32. The summed E-state index contributed by atoms with van der Waals surface area (Å²) in [6.45, 7) is 0. The number of nitrogens with one attached hydrogen (secondary N) is 1. The monoisotopic (exact) mass is 194 g/mol. The van der Waals surface area contributed by atoms with Gasteiger partial charge in [-0.15, -0.1) is 0 Å². The zero-order valence-corrected chi connectivity index (χ0v) is 7.42. The molecule has 0 unspecified atom stereocenters. The van der Waals surface area contributed by atoms with Crippen LogP contribution in [0.4, 0.5) is 5.69 Å². The van der Waals surface area contributed by atoms with Gasteiger partial charge in [0, 0.05) is 5.56 Å². The molecule has 1 heterocycles. The zero-order valence-electron chi connectivity index (χ0n) is 6.66. The average Bonchev–Trinajstić information content (AvgIpc) is 2.62. The van der Waals surface area contributed by atoms with Gasteiger partial charge in [0.05, 0.1) is 10.7 Å². The lowest BCUT2D eigenvalue weighted by atomic mass is 10.2. The number of aromatic amines is 1. The van der Waals surface area contributed by atoms with Crippen LogP contribution in [-0.2, 0) is 0 Å². The van der Waals surface area contributed by atoms with E-state index in [-0.39, 0.29) is 0 Å². The first-order valence-electron chi connectivity index (χ1n) is 3.68. The lowest BCUT2D eigenvalue weighted by molar-refractivity contribution is 1.10. The van der Waals surface area contributed by atoms with Crippen LogP contribution < -0.4 is 5.73 Å². The number of nitrogens with two attached hydrogens (primary N) is 1. The molecule has 13 heavy (non-hydrogen) atoms. The van der Waals surface area contributed by atoms with Crippen LogP contribution in [0.15, 0.2) is 24.5 Å². The van der Waals surface area contributed by atoms with Crippen LogP contribution in [-0.4, -0.2) is 15.2 Å². The summed E-state index contributed by atoms with van der Waals surface area (Å²) < 4.78 is 0. The zero-order chi connectivity index (χ0) is 9.26. The molecule has 3 N–H and O–H groups in total. The third-order valence-electron chi connectivity index (χ3n) is 1.69. The van der Waals surface area contributed by atoms with Crippen LogP contribution in [0, 0.1) is 0 Å². The van der Waals surface area contributed by atoms with Gasteiger partial charge in [0.15, 0.2) is 5.82 Å². The summed E-state index contributed by atoms with van der Waals surface area (Å²) in [5.74, 6) is 0.682. The third kappa shape index (κ3) is 1.48. The van der Waals surface area contributed by atoms with Crippen molar-refractivity contribution in [2.45, 2.75) is 0 Å². The van der Waals surface area contributed by atoms with E-state index >= 15 is 0 Å². The third-order valence-corrected chi connectivity index (χ3v) is 2.02. The summed E-state index contributed by atoms with van der Waals surface area (Å²) in [5.41, 5.74) is 7.00. The van der Waals surface area contributed by atoms with Gasteiger partial charge in [0.1, 0.15) is 6.33 Å². The molecule has 2 rings (SSSR count). The lowest BCUT2D eigenvalue weighted by Crippen LogP contribution is -1.87. The minimum Gasteiger partial charge on any atom is -0.398 e. The van der Waals surface area contributed by atoms with Gasteiger partial charge in [-0.3, -0.25) is 5.10 Å². The van der Waals surface area contributed by atoms with Gasteiger partial charge in [-0.2, -0.15) is 5.10 Å². The second kappa shape index (κ2) is 3.06. The number of benzene rings is 1. The minimum atomic E-state index is 0.522. The summed E-state index contributed by atoms with van der Waals surface area (Å²) in [4.78, 5) is 3.99. The van der Waals surface area contributed by atoms with Crippen molar-refractivity contribution < 1.29 is 0 Å². The SMILES string of the molecule is Nc1ccc(-c2ncn[nH]2)cc1Cl. The molecule has 0 bridgehead atoms. The predicted octanol–water partition coefficient (Wildman–Crippen LogP) is 1.71. The first kappa shape index (κ1) is 8.07. The molecule has 4 nitrogen and oxygen atoms in total. The fourth-order valence-corrected chi connectivity index (χ4v) is 1.20. The molecule has 0 saturated heterocycles. The number of rotatable bonds is 1. The van der Waals surface area contributed by atoms with Gasteiger partial charge >= 0.3 is 0 Å². The standard InChI is InChI=1S/C8H7ClN4/c9-6-3-5(1-2-7(6)10)8-11-4-12-13-8/h1-4H,10H2,(H,11,12,13). The van der Waals surface area contributed by atoms with Crippen LogP contribution in [0.1, 0.15) is 0 Å². The molecule has 0 radical (unpaired) electrons. The van der Waals surface area contributed by atoms with Crippen LogP contribution in [0.2, 0.25) is 5.02 Å². The van der Waals surface area contributed by atoms with E-state index in [1.54, 1.807) is 12.1 Å². The topological polar surface area (TPSA) is 67.6 Å². The molecule has 0 spiro atoms. The predicted molar refractivity (Wildman–Crippen MR) is 51.2 cm³/mol. The fourth-order valence-electron chi connectivity index (χ4n) is 1.02. The molecule has 0 aliphatic rings. The maximum absolute atomic E-state index is 5.84. The van der Waals surface area contributed by atoms with Crippen molar-refractivity contribution >= 4 is 17.3 Å². The smallest absolute Gasteiger partial charge is 0.155 e. The Balaban J connectivity index is 2.49. The Labute approximate surface area is 79.7 Å². The molecule has 0 aliphatic heterocycles. The van der Waals surface area contributed by atoms with Crippen molar-refractivity contribution in [3.63, 3.8) is 0 Å². The normalized spacial score (nSPS) is 10.2. The van der Waals surface area contributed by atoms with Crippen LogP contribution in [0.3, 0.4) is 0 Å². The number of aromatic nitrogens is 3. The lowest BCUT2D eigenvalue weighted by Gasteiger charge is -1.99. The Morgan fingerprint density at radius 3 is 2.85 bits per heavy atom. The Morgan fingerprint density at radius 2 is 2.23 bits per heavy atom. The molecule has 2 aromatic rings. The summed E-state index contributed by atoms with van der Waals surface area (Å²) >= 11 is 5.84. The molecular weight excluding hydrogens is 188 g/mol. The van der Waals surface area contributed by atoms with E-state index in [4.69, 9.17) is 17.3 Å². The minimum absolute atomic E-state index is 0.522. The molecule has 0 amide bonds. The molecule has 1 aromatic carbocycles. The van der Waals surface area contributed by atoms with Crippen molar-refractivity contribution in [2.75, 3.05) is 5.73 Å². The van der Waals surface area contributed by atoms with Crippen LogP contribution in [0.5, 0.6) is 0 Å². The van der Waals surface area contributed by atoms with Gasteiger partial charge in [-0.05, 0) is 18.2 Å². The number of hydrogen-bond acceptors (Lipinski definition) is 3. The maximum atomic E-state index is 5.84. The van der Waals surface area contributed by atoms with Crippen molar-refractivity contribution in [1.82, 2.24) is 15.2 Å². The van der Waals surface area contributed by atoms with Gasteiger partial charge < -0.3 is 5.73 Å². The summed E-state index contributed by atoms with van der Waals surface area (Å²) in [7, 11) is 0. The van der Waals surface area contributed by atoms with E-state index in [9.17, 15) is 0 Å². The largest absolute Gasteiger partial charge is 0.398 e. The molecule has 0 atom stereocenters. The highest BCUT2D eigenvalue weighted by Crippen LogP contribution is 2.24. The van der Waals surface area contributed by atoms with Gasteiger partial charge in [-0.1, -0.05) is 11.6 Å². The van der Waals surface area contributed by atoms with Crippen molar-refractivity contribution in [2.24, 2.45) is 0 Å². The Bertz CT molecular complexity index is 410. The highest BCUT2D eigenvalue weighted by molar-refractivity contribution is 6.33. The Kier molecular flexibility index (Phi) is 1.90. The number of H-pyrrole nitrogens is 1. The van der Waals surface area contributed by atoms with Crippen molar-refractivity contribution in [3.8, 4) is 11.4 Å². The van der Waals surface area contributed by atoms with Crippen LogP contribution >= 0.6 is 11.6 Å². The summed E-state index contributed by atoms with van der Waals surface area (Å²) in [5, 5.41) is 7.00. The number of hydrogen-bond donors (Lipinski definition) is 2. The number of halogens is 1. The van der Waals surface area contributed by atoms with E-state index in [1.165, 1.54) is 6.33 Å². The average molecular weight is 195 g/mol. The van der Waals surface area contributed by atoms with Gasteiger partial charge in [0.25, 0.3) is 0 Å². The van der Waals surface area contributed by atoms with Gasteiger partial charge in [0.2, 0.25) is 0 Å². The molecular formula is C8H7ClN4. The second-order valence-electron chi connectivity index (χ2n) is 2.57. The summed E-state index contributed by atoms with van der Waals surface area (Å²) in [6.07, 6.45) is 1.44. The number of nitrogen functional groups attached to an aromatic ring is 1. The first-order valence-corrected chi connectivity index (χ1v) is 4.06. The molecule has 0 saturated carbocycles. The fraction of sp³-hybridized carbons (Fsp3) is 0. The van der Waals surface area contributed by atoms with E-state index < -0.39 is 0 Å². The number of nitrogens with zero attached hydrogens (tertiary/aromatic N) is 2. The van der Waals surface area contributed by atoms with E-state index in [1.807, 2.05) is 6.07 Å². The Morgan fingerprint density at radius 1 is 1.38 bits per heavy atom. The van der Waals surface area contributed by atoms with E-state index in [0.717, 1.165) is 5.56 Å². The molecule has 5 heteroatoms. The Hall–Kier alpha value is -1.55. The molecule has 0 fully saturated rings. The molecule has 66 valence electrons. The number of anilines is 1. The van der Waals surface area contributed by atoms with E-state index in [0.29, 0.717) is 16.5 Å². The first-order chi connectivity index (χ1) is 6.27. The maximum Gasteiger partial charge on any atom is 0.155 e. The molecule has 1 aromatic heterocycles.